The van der Waals surface area contributed by atoms with Gasteiger partial charge in [0.25, 0.3) is 5.91 Å². The average Bonchev–Trinajstić information content (AvgIpc) is 3.13. The molecule has 0 bridgehead atoms. The zero-order valence-corrected chi connectivity index (χ0v) is 14.4. The molecular weight excluding hydrogens is 345 g/mol. The number of fused-ring (bicyclic) bond motifs is 1. The molecule has 2 aromatic heterocycles. The number of benzene rings is 2. The van der Waals surface area contributed by atoms with Gasteiger partial charge in [0, 0.05) is 24.5 Å². The lowest BCUT2D eigenvalue weighted by atomic mass is 10.1. The highest BCUT2D eigenvalue weighted by Crippen LogP contribution is 2.24. The molecule has 0 saturated carbocycles. The highest BCUT2D eigenvalue weighted by atomic mass is 19.1. The van der Waals surface area contributed by atoms with E-state index < -0.39 is 0 Å². The Labute approximate surface area is 154 Å². The summed E-state index contributed by atoms with van der Waals surface area (Å²) in [7, 11) is 0. The molecular formula is C21H16FN3O2. The Morgan fingerprint density at radius 2 is 2.00 bits per heavy atom. The van der Waals surface area contributed by atoms with E-state index in [1.54, 1.807) is 54.9 Å². The van der Waals surface area contributed by atoms with E-state index in [1.165, 1.54) is 6.07 Å². The van der Waals surface area contributed by atoms with Gasteiger partial charge in [-0.1, -0.05) is 18.2 Å². The first-order chi connectivity index (χ1) is 13.2. The van der Waals surface area contributed by atoms with E-state index in [0.717, 1.165) is 5.56 Å². The minimum atomic E-state index is -0.265. The Kier molecular flexibility index (Phi) is 4.61. The number of nitrogens with one attached hydrogen (secondary N) is 1. The van der Waals surface area contributed by atoms with Crippen LogP contribution in [0.15, 0.2) is 71.4 Å². The van der Waals surface area contributed by atoms with E-state index in [-0.39, 0.29) is 11.7 Å². The fraction of sp³-hybridized carbons (Fsp3) is 0.0952. The number of hydrogen-bond acceptors (Lipinski definition) is 4. The zero-order chi connectivity index (χ0) is 18.6. The second-order valence-electron chi connectivity index (χ2n) is 6.04. The topological polar surface area (TPSA) is 68.0 Å². The number of pyridine rings is 1. The summed E-state index contributed by atoms with van der Waals surface area (Å²) in [5.41, 5.74) is 3.00. The molecule has 1 amide bonds. The molecule has 0 radical (unpaired) electrons. The molecule has 4 rings (SSSR count). The van der Waals surface area contributed by atoms with Crippen molar-refractivity contribution in [3.8, 4) is 11.5 Å². The molecule has 5 nitrogen and oxygen atoms in total. The maximum atomic E-state index is 13.6. The fourth-order valence-electron chi connectivity index (χ4n) is 2.80. The monoisotopic (exact) mass is 361 g/mol. The van der Waals surface area contributed by atoms with Crippen LogP contribution in [0, 0.1) is 5.82 Å². The lowest BCUT2D eigenvalue weighted by molar-refractivity contribution is 0.0954. The quantitative estimate of drug-likeness (QED) is 0.583. The molecule has 0 saturated heterocycles. The third-order valence-electron chi connectivity index (χ3n) is 4.20. The maximum Gasteiger partial charge on any atom is 0.251 e. The normalized spacial score (nSPS) is 10.9. The first-order valence-electron chi connectivity index (χ1n) is 8.53. The maximum absolute atomic E-state index is 13.6. The van der Waals surface area contributed by atoms with Crippen molar-refractivity contribution in [2.24, 2.45) is 0 Å². The lowest BCUT2D eigenvalue weighted by Gasteiger charge is -2.06. The Morgan fingerprint density at radius 3 is 2.81 bits per heavy atom. The van der Waals surface area contributed by atoms with Crippen LogP contribution in [0.1, 0.15) is 15.9 Å². The third kappa shape index (κ3) is 3.69. The van der Waals surface area contributed by atoms with Crippen LogP contribution in [-0.2, 0) is 6.42 Å². The minimum Gasteiger partial charge on any atom is -0.436 e. The average molecular weight is 361 g/mol. The largest absolute Gasteiger partial charge is 0.436 e. The van der Waals surface area contributed by atoms with Crippen LogP contribution in [0.2, 0.25) is 0 Å². The van der Waals surface area contributed by atoms with Crippen LogP contribution < -0.4 is 5.32 Å². The summed E-state index contributed by atoms with van der Waals surface area (Å²) in [6.45, 7) is 0.345. The molecule has 134 valence electrons. The Balaban J connectivity index is 1.47. The van der Waals surface area contributed by atoms with Crippen molar-refractivity contribution >= 4 is 17.0 Å². The molecule has 0 unspecified atom stereocenters. The highest BCUT2D eigenvalue weighted by Gasteiger charge is 2.12. The van der Waals surface area contributed by atoms with Crippen molar-refractivity contribution in [3.63, 3.8) is 0 Å². The summed E-state index contributed by atoms with van der Waals surface area (Å²) in [5.74, 6) is -0.0481. The predicted molar refractivity (Wildman–Crippen MR) is 99.7 cm³/mol. The van der Waals surface area contributed by atoms with E-state index in [4.69, 9.17) is 4.42 Å². The fourth-order valence-corrected chi connectivity index (χ4v) is 2.80. The van der Waals surface area contributed by atoms with Gasteiger partial charge >= 0.3 is 0 Å². The van der Waals surface area contributed by atoms with E-state index in [2.05, 4.69) is 15.3 Å². The van der Waals surface area contributed by atoms with Crippen molar-refractivity contribution in [1.29, 1.82) is 0 Å². The van der Waals surface area contributed by atoms with Crippen LogP contribution in [0.4, 0.5) is 4.39 Å². The standard InChI is InChI=1S/C21H16FN3O2/c22-17-6-2-1-4-14(17)9-11-24-20(26)15-7-8-19-18(12-15)25-21(27-19)16-5-3-10-23-13-16/h1-8,10,12-13H,9,11H2,(H,24,26). The number of carbonyl (C=O) groups excluding carboxylic acids is 1. The van der Waals surface area contributed by atoms with Gasteiger partial charge in [-0.25, -0.2) is 9.37 Å². The van der Waals surface area contributed by atoms with Gasteiger partial charge < -0.3 is 9.73 Å². The Bertz CT molecular complexity index is 1090. The summed E-state index contributed by atoms with van der Waals surface area (Å²) >= 11 is 0. The van der Waals surface area contributed by atoms with Crippen molar-refractivity contribution in [2.45, 2.75) is 6.42 Å². The summed E-state index contributed by atoms with van der Waals surface area (Å²) in [5, 5.41) is 2.80. The zero-order valence-electron chi connectivity index (χ0n) is 14.4. The molecule has 27 heavy (non-hydrogen) atoms. The number of carbonyl (C=O) groups is 1. The van der Waals surface area contributed by atoms with Gasteiger partial charge in [-0.2, -0.15) is 0 Å². The molecule has 4 aromatic rings. The van der Waals surface area contributed by atoms with Crippen molar-refractivity contribution in [2.75, 3.05) is 6.54 Å². The van der Waals surface area contributed by atoms with Gasteiger partial charge in [0.15, 0.2) is 5.58 Å². The lowest BCUT2D eigenvalue weighted by Crippen LogP contribution is -2.25. The number of rotatable bonds is 5. The number of aromatic nitrogens is 2. The molecule has 1 N–H and O–H groups in total. The smallest absolute Gasteiger partial charge is 0.251 e. The van der Waals surface area contributed by atoms with Crippen molar-refractivity contribution < 1.29 is 13.6 Å². The number of amides is 1. The van der Waals surface area contributed by atoms with Crippen molar-refractivity contribution in [3.05, 3.63) is 83.9 Å². The Hall–Kier alpha value is -3.54. The second kappa shape index (κ2) is 7.37. The molecule has 6 heteroatoms. The predicted octanol–water partition coefficient (Wildman–Crippen LogP) is 4.00. The first kappa shape index (κ1) is 16.9. The molecule has 0 aliphatic carbocycles. The van der Waals surface area contributed by atoms with Crippen LogP contribution in [0.25, 0.3) is 22.6 Å². The van der Waals surface area contributed by atoms with Crippen LogP contribution in [0.3, 0.4) is 0 Å². The minimum absolute atomic E-state index is 0.237. The number of hydrogen-bond donors (Lipinski definition) is 1. The first-order valence-corrected chi connectivity index (χ1v) is 8.53. The third-order valence-corrected chi connectivity index (χ3v) is 4.20. The summed E-state index contributed by atoms with van der Waals surface area (Å²) in [4.78, 5) is 20.8. The molecule has 0 aliphatic rings. The molecule has 0 fully saturated rings. The van der Waals surface area contributed by atoms with Crippen molar-refractivity contribution in [1.82, 2.24) is 15.3 Å². The summed E-state index contributed by atoms with van der Waals surface area (Å²) < 4.78 is 19.3. The van der Waals surface area contributed by atoms with Crippen LogP contribution >= 0.6 is 0 Å². The number of oxazole rings is 1. The van der Waals surface area contributed by atoms with E-state index in [9.17, 15) is 9.18 Å². The number of halogens is 1. The van der Waals surface area contributed by atoms with Gasteiger partial charge in [-0.3, -0.25) is 9.78 Å². The van der Waals surface area contributed by atoms with Gasteiger partial charge in [-0.15, -0.1) is 0 Å². The SMILES string of the molecule is O=C(NCCc1ccccc1F)c1ccc2oc(-c3cccnc3)nc2c1. The molecule has 0 aliphatic heterocycles. The summed E-state index contributed by atoms with van der Waals surface area (Å²) in [6.07, 6.45) is 3.77. The van der Waals surface area contributed by atoms with E-state index in [0.29, 0.717) is 41.1 Å². The molecule has 0 spiro atoms. The Morgan fingerprint density at radius 1 is 1.11 bits per heavy atom. The van der Waals surface area contributed by atoms with Gasteiger partial charge in [0.05, 0.1) is 5.56 Å². The molecule has 0 atom stereocenters. The summed E-state index contributed by atoms with van der Waals surface area (Å²) in [6, 6.07) is 15.3. The van der Waals surface area contributed by atoms with E-state index in [1.807, 2.05) is 6.07 Å². The van der Waals surface area contributed by atoms with Gasteiger partial charge in [0.2, 0.25) is 5.89 Å². The van der Waals surface area contributed by atoms with Gasteiger partial charge in [0.1, 0.15) is 11.3 Å². The van der Waals surface area contributed by atoms with Crippen LogP contribution in [-0.4, -0.2) is 22.4 Å². The molecule has 2 heterocycles. The van der Waals surface area contributed by atoms with Gasteiger partial charge in [-0.05, 0) is 48.4 Å². The van der Waals surface area contributed by atoms with Crippen LogP contribution in [0.5, 0.6) is 0 Å². The van der Waals surface area contributed by atoms with E-state index >= 15 is 0 Å². The highest BCUT2D eigenvalue weighted by molar-refractivity contribution is 5.97. The second-order valence-corrected chi connectivity index (χ2v) is 6.04. The number of nitrogens with zero attached hydrogens (tertiary/aromatic N) is 2. The molecule has 2 aromatic carbocycles.